The van der Waals surface area contributed by atoms with Crippen LogP contribution in [0.2, 0.25) is 0 Å². The van der Waals surface area contributed by atoms with Crippen molar-refractivity contribution in [1.82, 2.24) is 10.2 Å². The molecule has 2 aliphatic heterocycles. The van der Waals surface area contributed by atoms with Crippen molar-refractivity contribution in [3.63, 3.8) is 0 Å². The third-order valence-corrected chi connectivity index (χ3v) is 5.70. The molecule has 2 aromatic carbocycles. The van der Waals surface area contributed by atoms with Crippen molar-refractivity contribution >= 4 is 23.4 Å². The highest BCUT2D eigenvalue weighted by Gasteiger charge is 2.36. The first kappa shape index (κ1) is 20.9. The molecule has 0 aromatic heterocycles. The summed E-state index contributed by atoms with van der Waals surface area (Å²) in [5.41, 5.74) is 2.09. The van der Waals surface area contributed by atoms with E-state index in [-0.39, 0.29) is 30.8 Å². The third kappa shape index (κ3) is 4.71. The molecule has 0 saturated carbocycles. The summed E-state index contributed by atoms with van der Waals surface area (Å²) >= 11 is 0. The predicted molar refractivity (Wildman–Crippen MR) is 117 cm³/mol. The highest BCUT2D eigenvalue weighted by atomic mass is 16.5. The SMILES string of the molecule is Cc1cccc(C(=O)NCC(=O)N2C[C@H](C(=O)N3CCCCC3)Oc3ccccc32)c1. The van der Waals surface area contributed by atoms with Gasteiger partial charge in [-0.3, -0.25) is 14.4 Å². The average Bonchev–Trinajstić information content (AvgIpc) is 2.81. The lowest BCUT2D eigenvalue weighted by molar-refractivity contribution is -0.139. The molecule has 7 heteroatoms. The number of hydrogen-bond donors (Lipinski definition) is 1. The van der Waals surface area contributed by atoms with Gasteiger partial charge < -0.3 is 19.9 Å². The second-order valence-electron chi connectivity index (χ2n) is 8.02. The van der Waals surface area contributed by atoms with Crippen LogP contribution in [0.25, 0.3) is 0 Å². The number of carbonyl (C=O) groups is 3. The van der Waals surface area contributed by atoms with Gasteiger partial charge in [0.2, 0.25) is 5.91 Å². The number of carbonyl (C=O) groups excluding carboxylic acids is 3. The van der Waals surface area contributed by atoms with Crippen molar-refractivity contribution in [2.75, 3.05) is 31.1 Å². The number of aryl methyl sites for hydroxylation is 1. The fourth-order valence-corrected chi connectivity index (χ4v) is 4.06. The number of nitrogens with zero attached hydrogens (tertiary/aromatic N) is 2. The van der Waals surface area contributed by atoms with Crippen LogP contribution in [0.4, 0.5) is 5.69 Å². The van der Waals surface area contributed by atoms with E-state index in [1.54, 1.807) is 35.2 Å². The van der Waals surface area contributed by atoms with Crippen molar-refractivity contribution in [2.45, 2.75) is 32.3 Å². The number of benzene rings is 2. The van der Waals surface area contributed by atoms with Crippen molar-refractivity contribution in [2.24, 2.45) is 0 Å². The van der Waals surface area contributed by atoms with E-state index in [1.165, 1.54) is 0 Å². The minimum absolute atomic E-state index is 0.0872. The van der Waals surface area contributed by atoms with Crippen molar-refractivity contribution in [1.29, 1.82) is 0 Å². The van der Waals surface area contributed by atoms with Gasteiger partial charge in [-0.25, -0.2) is 0 Å². The van der Waals surface area contributed by atoms with Crippen LogP contribution in [0.15, 0.2) is 48.5 Å². The summed E-state index contributed by atoms with van der Waals surface area (Å²) in [5, 5.41) is 2.70. The Kier molecular flexibility index (Phi) is 6.21. The standard InChI is InChI=1S/C24H27N3O4/c1-17-8-7-9-18(14-17)23(29)25-15-22(28)27-16-21(24(30)26-12-5-2-6-13-26)31-20-11-4-3-10-19(20)27/h3-4,7-11,14,21H,2,5-6,12-13,15-16H2,1H3,(H,25,29)/t21-/m1/s1. The maximum Gasteiger partial charge on any atom is 0.265 e. The lowest BCUT2D eigenvalue weighted by Gasteiger charge is -2.37. The number of fused-ring (bicyclic) bond motifs is 1. The van der Waals surface area contributed by atoms with Crippen LogP contribution in [0, 0.1) is 6.92 Å². The monoisotopic (exact) mass is 421 g/mol. The average molecular weight is 421 g/mol. The summed E-state index contributed by atoms with van der Waals surface area (Å²) in [6.45, 7) is 3.32. The maximum absolute atomic E-state index is 13.0. The van der Waals surface area contributed by atoms with E-state index in [4.69, 9.17) is 4.74 Å². The molecule has 1 N–H and O–H groups in total. The Bertz CT molecular complexity index is 984. The molecule has 162 valence electrons. The number of nitrogens with one attached hydrogen (secondary N) is 1. The summed E-state index contributed by atoms with van der Waals surface area (Å²) in [6, 6.07) is 14.4. The Balaban J connectivity index is 1.47. The van der Waals surface area contributed by atoms with E-state index in [2.05, 4.69) is 5.32 Å². The number of amides is 3. The lowest BCUT2D eigenvalue weighted by atomic mass is 10.1. The summed E-state index contributed by atoms with van der Waals surface area (Å²) in [4.78, 5) is 41.9. The molecule has 0 unspecified atom stereocenters. The number of hydrogen-bond acceptors (Lipinski definition) is 4. The quantitative estimate of drug-likeness (QED) is 0.823. The molecular weight excluding hydrogens is 394 g/mol. The van der Waals surface area contributed by atoms with Crippen molar-refractivity contribution in [3.8, 4) is 5.75 Å². The fraction of sp³-hybridized carbons (Fsp3) is 0.375. The third-order valence-electron chi connectivity index (χ3n) is 5.70. The van der Waals surface area contributed by atoms with Crippen molar-refractivity contribution in [3.05, 3.63) is 59.7 Å². The molecule has 31 heavy (non-hydrogen) atoms. The van der Waals surface area contributed by atoms with Crippen LogP contribution in [0.5, 0.6) is 5.75 Å². The number of ether oxygens (including phenoxy) is 1. The van der Waals surface area contributed by atoms with Gasteiger partial charge in [0.1, 0.15) is 5.75 Å². The van der Waals surface area contributed by atoms with Crippen LogP contribution in [0.3, 0.4) is 0 Å². The van der Waals surface area contributed by atoms with Gasteiger partial charge in [0.05, 0.1) is 18.8 Å². The Morgan fingerprint density at radius 2 is 1.81 bits per heavy atom. The second-order valence-corrected chi connectivity index (χ2v) is 8.02. The largest absolute Gasteiger partial charge is 0.476 e. The van der Waals surface area contributed by atoms with Gasteiger partial charge in [0.25, 0.3) is 11.8 Å². The summed E-state index contributed by atoms with van der Waals surface area (Å²) in [7, 11) is 0. The Labute approximate surface area is 182 Å². The molecule has 7 nitrogen and oxygen atoms in total. The predicted octanol–water partition coefficient (Wildman–Crippen LogP) is 2.53. The van der Waals surface area contributed by atoms with E-state index < -0.39 is 6.10 Å². The summed E-state index contributed by atoms with van der Waals surface area (Å²) in [6.07, 6.45) is 2.36. The molecule has 0 radical (unpaired) electrons. The number of rotatable bonds is 4. The summed E-state index contributed by atoms with van der Waals surface area (Å²) < 4.78 is 5.96. The van der Waals surface area contributed by atoms with E-state index in [1.807, 2.05) is 30.0 Å². The number of anilines is 1. The van der Waals surface area contributed by atoms with Crippen LogP contribution < -0.4 is 15.0 Å². The van der Waals surface area contributed by atoms with Crippen LogP contribution in [0.1, 0.15) is 35.2 Å². The molecular formula is C24H27N3O4. The van der Waals surface area contributed by atoms with E-state index in [0.29, 0.717) is 17.0 Å². The molecule has 2 heterocycles. The van der Waals surface area contributed by atoms with E-state index >= 15 is 0 Å². The first-order valence-electron chi connectivity index (χ1n) is 10.7. The minimum Gasteiger partial charge on any atom is -0.476 e. The molecule has 0 aliphatic carbocycles. The van der Waals surface area contributed by atoms with Crippen LogP contribution in [-0.4, -0.2) is 54.9 Å². The zero-order valence-electron chi connectivity index (χ0n) is 17.7. The van der Waals surface area contributed by atoms with Gasteiger partial charge >= 0.3 is 0 Å². The Hall–Kier alpha value is -3.35. The highest BCUT2D eigenvalue weighted by Crippen LogP contribution is 2.33. The van der Waals surface area contributed by atoms with Crippen LogP contribution >= 0.6 is 0 Å². The van der Waals surface area contributed by atoms with Gasteiger partial charge in [0.15, 0.2) is 6.10 Å². The maximum atomic E-state index is 13.0. The zero-order valence-corrected chi connectivity index (χ0v) is 17.7. The summed E-state index contributed by atoms with van der Waals surface area (Å²) in [5.74, 6) is -0.175. The lowest BCUT2D eigenvalue weighted by Crippen LogP contribution is -2.54. The van der Waals surface area contributed by atoms with Gasteiger partial charge in [-0.05, 0) is 50.5 Å². The van der Waals surface area contributed by atoms with Crippen molar-refractivity contribution < 1.29 is 19.1 Å². The highest BCUT2D eigenvalue weighted by molar-refractivity contribution is 6.02. The molecule has 1 atom stereocenters. The molecule has 1 saturated heterocycles. The molecule has 0 bridgehead atoms. The molecule has 1 fully saturated rings. The smallest absolute Gasteiger partial charge is 0.265 e. The topological polar surface area (TPSA) is 79.0 Å². The number of piperidine rings is 1. The number of para-hydroxylation sites is 2. The molecule has 2 aliphatic rings. The van der Waals surface area contributed by atoms with Crippen LogP contribution in [-0.2, 0) is 9.59 Å². The normalized spacial score (nSPS) is 18.0. The first-order valence-corrected chi connectivity index (χ1v) is 10.7. The molecule has 3 amide bonds. The molecule has 4 rings (SSSR count). The zero-order chi connectivity index (χ0) is 21.8. The van der Waals surface area contributed by atoms with Gasteiger partial charge in [-0.15, -0.1) is 0 Å². The Morgan fingerprint density at radius 1 is 1.03 bits per heavy atom. The second kappa shape index (κ2) is 9.20. The molecule has 2 aromatic rings. The Morgan fingerprint density at radius 3 is 2.58 bits per heavy atom. The molecule has 0 spiro atoms. The van der Waals surface area contributed by atoms with Gasteiger partial charge in [-0.1, -0.05) is 29.8 Å². The van der Waals surface area contributed by atoms with E-state index in [9.17, 15) is 14.4 Å². The number of likely N-dealkylation sites (tertiary alicyclic amines) is 1. The first-order chi connectivity index (χ1) is 15.0. The fourth-order valence-electron chi connectivity index (χ4n) is 4.06. The van der Waals surface area contributed by atoms with E-state index in [0.717, 1.165) is 37.9 Å². The van der Waals surface area contributed by atoms with Gasteiger partial charge in [0, 0.05) is 18.7 Å². The minimum atomic E-state index is -0.746. The van der Waals surface area contributed by atoms with Gasteiger partial charge in [-0.2, -0.15) is 0 Å².